The number of nitrogens with one attached hydrogen (secondary N) is 1. The van der Waals surface area contributed by atoms with Gasteiger partial charge in [-0.25, -0.2) is 0 Å². The lowest BCUT2D eigenvalue weighted by atomic mass is 10.1. The van der Waals surface area contributed by atoms with Crippen molar-refractivity contribution in [2.45, 2.75) is 45.7 Å². The third-order valence-corrected chi connectivity index (χ3v) is 3.06. The molecular formula is C12H23N3. The van der Waals surface area contributed by atoms with Crippen LogP contribution in [0.15, 0.2) is 0 Å². The summed E-state index contributed by atoms with van der Waals surface area (Å²) in [7, 11) is 0. The highest BCUT2D eigenvalue weighted by atomic mass is 15.2. The van der Waals surface area contributed by atoms with Crippen LogP contribution in [0.2, 0.25) is 0 Å². The highest BCUT2D eigenvalue weighted by molar-refractivity contribution is 4.89. The van der Waals surface area contributed by atoms with Gasteiger partial charge < -0.3 is 5.32 Å². The third-order valence-electron chi connectivity index (χ3n) is 3.06. The van der Waals surface area contributed by atoms with Gasteiger partial charge in [0, 0.05) is 25.2 Å². The number of hydrogen-bond acceptors (Lipinski definition) is 3. The van der Waals surface area contributed by atoms with E-state index in [0.29, 0.717) is 24.4 Å². The Kier molecular flexibility index (Phi) is 5.07. The van der Waals surface area contributed by atoms with Crippen molar-refractivity contribution in [3.05, 3.63) is 0 Å². The Bertz CT molecular complexity index is 219. The standard InChI is InChI=1S/C12H23N3/c1-10(2)9-15-11(3)5-7-14-8-12(15)4-6-13/h10-12,14H,4-5,7-9H2,1-3H3. The normalized spacial score (nSPS) is 28.7. The number of nitrogens with zero attached hydrogens (tertiary/aromatic N) is 2. The zero-order valence-electron chi connectivity index (χ0n) is 10.2. The SMILES string of the molecule is CC(C)CN1C(C)CCNCC1CC#N. The molecule has 0 aromatic heterocycles. The summed E-state index contributed by atoms with van der Waals surface area (Å²) in [5, 5.41) is 12.3. The Labute approximate surface area is 93.5 Å². The van der Waals surface area contributed by atoms with Crippen LogP contribution in [0, 0.1) is 17.2 Å². The van der Waals surface area contributed by atoms with Crippen LogP contribution in [-0.2, 0) is 0 Å². The third kappa shape index (κ3) is 3.81. The van der Waals surface area contributed by atoms with Crippen LogP contribution in [0.25, 0.3) is 0 Å². The molecule has 1 aliphatic heterocycles. The van der Waals surface area contributed by atoms with Gasteiger partial charge in [-0.3, -0.25) is 4.90 Å². The second kappa shape index (κ2) is 6.09. The average Bonchev–Trinajstić information content (AvgIpc) is 2.32. The summed E-state index contributed by atoms with van der Waals surface area (Å²) in [6, 6.07) is 3.30. The van der Waals surface area contributed by atoms with Gasteiger partial charge in [0.2, 0.25) is 0 Å². The van der Waals surface area contributed by atoms with E-state index in [1.54, 1.807) is 0 Å². The smallest absolute Gasteiger partial charge is 0.0638 e. The zero-order chi connectivity index (χ0) is 11.3. The molecule has 0 aromatic rings. The van der Waals surface area contributed by atoms with Crippen molar-refractivity contribution in [3.8, 4) is 6.07 Å². The van der Waals surface area contributed by atoms with Gasteiger partial charge in [0.05, 0.1) is 12.5 Å². The maximum atomic E-state index is 8.84. The van der Waals surface area contributed by atoms with Crippen LogP contribution < -0.4 is 5.32 Å². The monoisotopic (exact) mass is 209 g/mol. The Morgan fingerprint density at radius 1 is 1.53 bits per heavy atom. The molecule has 1 rings (SSSR count). The molecule has 0 radical (unpaired) electrons. The van der Waals surface area contributed by atoms with Crippen molar-refractivity contribution >= 4 is 0 Å². The fourth-order valence-electron chi connectivity index (χ4n) is 2.27. The van der Waals surface area contributed by atoms with E-state index in [9.17, 15) is 0 Å². The fourth-order valence-corrected chi connectivity index (χ4v) is 2.27. The second-order valence-corrected chi connectivity index (χ2v) is 4.95. The molecule has 0 saturated carbocycles. The van der Waals surface area contributed by atoms with Crippen LogP contribution in [-0.4, -0.2) is 36.6 Å². The first-order valence-electron chi connectivity index (χ1n) is 5.98. The fraction of sp³-hybridized carbons (Fsp3) is 0.917. The van der Waals surface area contributed by atoms with Gasteiger partial charge in [-0.05, 0) is 25.8 Å². The molecule has 1 heterocycles. The van der Waals surface area contributed by atoms with Crippen LogP contribution in [0.3, 0.4) is 0 Å². The first-order valence-corrected chi connectivity index (χ1v) is 5.98. The van der Waals surface area contributed by atoms with E-state index in [4.69, 9.17) is 5.26 Å². The summed E-state index contributed by atoms with van der Waals surface area (Å²) in [6.45, 7) is 9.92. The van der Waals surface area contributed by atoms with Gasteiger partial charge in [0.15, 0.2) is 0 Å². The minimum absolute atomic E-state index is 0.398. The number of nitriles is 1. The molecule has 0 bridgehead atoms. The largest absolute Gasteiger partial charge is 0.315 e. The van der Waals surface area contributed by atoms with Crippen molar-refractivity contribution < 1.29 is 0 Å². The van der Waals surface area contributed by atoms with Gasteiger partial charge in [-0.15, -0.1) is 0 Å². The van der Waals surface area contributed by atoms with Crippen LogP contribution in [0.5, 0.6) is 0 Å². The maximum Gasteiger partial charge on any atom is 0.0638 e. The number of hydrogen-bond donors (Lipinski definition) is 1. The van der Waals surface area contributed by atoms with Gasteiger partial charge >= 0.3 is 0 Å². The maximum absolute atomic E-state index is 8.84. The lowest BCUT2D eigenvalue weighted by molar-refractivity contribution is 0.136. The van der Waals surface area contributed by atoms with E-state index in [1.807, 2.05) is 0 Å². The Morgan fingerprint density at radius 3 is 2.87 bits per heavy atom. The van der Waals surface area contributed by atoms with Gasteiger partial charge in [0.25, 0.3) is 0 Å². The minimum Gasteiger partial charge on any atom is -0.315 e. The van der Waals surface area contributed by atoms with E-state index < -0.39 is 0 Å². The first kappa shape index (κ1) is 12.5. The molecule has 0 spiro atoms. The predicted octanol–water partition coefficient (Wildman–Crippen LogP) is 1.61. The highest BCUT2D eigenvalue weighted by Crippen LogP contribution is 2.16. The Hall–Kier alpha value is -0.590. The van der Waals surface area contributed by atoms with E-state index in [0.717, 1.165) is 19.6 Å². The summed E-state index contributed by atoms with van der Waals surface area (Å²) in [6.07, 6.45) is 1.83. The summed E-state index contributed by atoms with van der Waals surface area (Å²) in [5.74, 6) is 0.673. The van der Waals surface area contributed by atoms with Crippen LogP contribution >= 0.6 is 0 Å². The van der Waals surface area contributed by atoms with E-state index >= 15 is 0 Å². The molecular weight excluding hydrogens is 186 g/mol. The molecule has 1 saturated heterocycles. The van der Waals surface area contributed by atoms with Crippen LogP contribution in [0.1, 0.15) is 33.6 Å². The van der Waals surface area contributed by atoms with Gasteiger partial charge in [-0.2, -0.15) is 5.26 Å². The molecule has 86 valence electrons. The quantitative estimate of drug-likeness (QED) is 0.767. The Morgan fingerprint density at radius 2 is 2.27 bits per heavy atom. The van der Waals surface area contributed by atoms with Crippen molar-refractivity contribution in [3.63, 3.8) is 0 Å². The average molecular weight is 209 g/mol. The topological polar surface area (TPSA) is 39.1 Å². The molecule has 0 amide bonds. The summed E-state index contributed by atoms with van der Waals surface area (Å²) in [5.41, 5.74) is 0. The summed E-state index contributed by atoms with van der Waals surface area (Å²) < 4.78 is 0. The van der Waals surface area contributed by atoms with E-state index in [1.165, 1.54) is 6.42 Å². The van der Waals surface area contributed by atoms with E-state index in [-0.39, 0.29) is 0 Å². The second-order valence-electron chi connectivity index (χ2n) is 4.95. The zero-order valence-corrected chi connectivity index (χ0v) is 10.2. The molecule has 3 heteroatoms. The predicted molar refractivity (Wildman–Crippen MR) is 62.5 cm³/mol. The molecule has 0 aliphatic carbocycles. The molecule has 2 unspecified atom stereocenters. The lowest BCUT2D eigenvalue weighted by Crippen LogP contribution is -2.45. The molecule has 1 fully saturated rings. The van der Waals surface area contributed by atoms with Crippen molar-refractivity contribution in [1.82, 2.24) is 10.2 Å². The van der Waals surface area contributed by atoms with Crippen molar-refractivity contribution in [2.24, 2.45) is 5.92 Å². The summed E-state index contributed by atoms with van der Waals surface area (Å²) in [4.78, 5) is 2.51. The van der Waals surface area contributed by atoms with Gasteiger partial charge in [-0.1, -0.05) is 13.8 Å². The van der Waals surface area contributed by atoms with E-state index in [2.05, 4.69) is 37.1 Å². The highest BCUT2D eigenvalue weighted by Gasteiger charge is 2.25. The van der Waals surface area contributed by atoms with Crippen molar-refractivity contribution in [1.29, 1.82) is 5.26 Å². The minimum atomic E-state index is 0.398. The first-order chi connectivity index (χ1) is 7.15. The molecule has 1 aliphatic rings. The van der Waals surface area contributed by atoms with Gasteiger partial charge in [0.1, 0.15) is 0 Å². The molecule has 1 N–H and O–H groups in total. The van der Waals surface area contributed by atoms with Crippen molar-refractivity contribution in [2.75, 3.05) is 19.6 Å². The molecule has 3 nitrogen and oxygen atoms in total. The molecule has 15 heavy (non-hydrogen) atoms. The summed E-state index contributed by atoms with van der Waals surface area (Å²) >= 11 is 0. The van der Waals surface area contributed by atoms with Crippen LogP contribution in [0.4, 0.5) is 0 Å². The number of rotatable bonds is 3. The Balaban J connectivity index is 2.65. The lowest BCUT2D eigenvalue weighted by Gasteiger charge is -2.34. The molecule has 0 aromatic carbocycles. The molecule has 2 atom stereocenters.